The molecule has 2 aliphatic carbocycles. The van der Waals surface area contributed by atoms with Crippen LogP contribution in [0.1, 0.15) is 22.3 Å². The van der Waals surface area contributed by atoms with Crippen molar-refractivity contribution in [3.8, 4) is 22.3 Å². The molecule has 9 rings (SSSR count). The zero-order valence-corrected chi connectivity index (χ0v) is 21.9. The molecule has 0 amide bonds. The third-order valence-electron chi connectivity index (χ3n) is 9.05. The van der Waals surface area contributed by atoms with Gasteiger partial charge in [0.25, 0.3) is 0 Å². The summed E-state index contributed by atoms with van der Waals surface area (Å²) in [6, 6.07) is 53.5. The van der Waals surface area contributed by atoms with E-state index in [-0.39, 0.29) is 5.41 Å². The average molecular weight is 508 g/mol. The molecule has 1 heteroatoms. The lowest BCUT2D eigenvalue weighted by Gasteiger charge is -2.30. The summed E-state index contributed by atoms with van der Waals surface area (Å²) < 4.78 is 0. The number of hydrogen-bond acceptors (Lipinski definition) is 1. The smallest absolute Gasteiger partial charge is 0.0726 e. The Bertz CT molecular complexity index is 2110. The fraction of sp³-hybridized carbons (Fsp3) is 0.0256. The molecule has 0 atom stereocenters. The van der Waals surface area contributed by atoms with Crippen molar-refractivity contribution in [3.63, 3.8) is 0 Å². The molecule has 0 saturated heterocycles. The first-order valence-electron chi connectivity index (χ1n) is 14.0. The topological polar surface area (TPSA) is 12.0 Å². The zero-order chi connectivity index (χ0) is 26.3. The van der Waals surface area contributed by atoms with Crippen LogP contribution in [0.15, 0.2) is 146 Å². The molecule has 0 bridgehead atoms. The maximum Gasteiger partial charge on any atom is 0.0726 e. The van der Waals surface area contributed by atoms with Crippen molar-refractivity contribution in [3.05, 3.63) is 168 Å². The van der Waals surface area contributed by atoms with Crippen molar-refractivity contribution in [1.82, 2.24) is 0 Å². The van der Waals surface area contributed by atoms with Gasteiger partial charge in [-0.25, -0.2) is 0 Å². The van der Waals surface area contributed by atoms with Gasteiger partial charge >= 0.3 is 0 Å². The van der Waals surface area contributed by atoms with E-state index in [2.05, 4.69) is 151 Å². The third-order valence-corrected chi connectivity index (χ3v) is 9.05. The van der Waals surface area contributed by atoms with Gasteiger partial charge in [0.15, 0.2) is 0 Å². The highest BCUT2D eigenvalue weighted by Crippen LogP contribution is 2.63. The SMILES string of the molecule is c1ccc2c(c1)-c1ccccc1C21c2ccccc2-c2c(Nc3ccc4c(ccc5ccccc54)c3)cccc21. The molecule has 7 aromatic rings. The van der Waals surface area contributed by atoms with Gasteiger partial charge in [-0.1, -0.05) is 127 Å². The summed E-state index contributed by atoms with van der Waals surface area (Å²) in [6.45, 7) is 0. The van der Waals surface area contributed by atoms with Crippen LogP contribution in [0, 0.1) is 0 Å². The van der Waals surface area contributed by atoms with Crippen LogP contribution >= 0.6 is 0 Å². The van der Waals surface area contributed by atoms with E-state index in [1.165, 1.54) is 66.1 Å². The number of benzene rings is 7. The molecular formula is C39H25N. The van der Waals surface area contributed by atoms with Gasteiger partial charge in [-0.05, 0) is 78.7 Å². The van der Waals surface area contributed by atoms with Gasteiger partial charge in [0.1, 0.15) is 0 Å². The Morgan fingerprint density at radius 2 is 0.975 bits per heavy atom. The minimum Gasteiger partial charge on any atom is -0.355 e. The van der Waals surface area contributed by atoms with Gasteiger partial charge in [0.2, 0.25) is 0 Å². The molecule has 1 N–H and O–H groups in total. The Kier molecular flexibility index (Phi) is 4.32. The number of rotatable bonds is 2. The van der Waals surface area contributed by atoms with E-state index in [0.717, 1.165) is 11.4 Å². The van der Waals surface area contributed by atoms with E-state index in [9.17, 15) is 0 Å². The lowest BCUT2D eigenvalue weighted by molar-refractivity contribution is 0.794. The van der Waals surface area contributed by atoms with E-state index in [4.69, 9.17) is 0 Å². The van der Waals surface area contributed by atoms with Crippen molar-refractivity contribution in [2.75, 3.05) is 5.32 Å². The molecule has 186 valence electrons. The molecule has 0 fully saturated rings. The molecule has 1 spiro atoms. The lowest BCUT2D eigenvalue weighted by atomic mass is 9.70. The summed E-state index contributed by atoms with van der Waals surface area (Å²) in [5.74, 6) is 0. The van der Waals surface area contributed by atoms with Gasteiger partial charge in [-0.15, -0.1) is 0 Å². The summed E-state index contributed by atoms with van der Waals surface area (Å²) >= 11 is 0. The monoisotopic (exact) mass is 507 g/mol. The van der Waals surface area contributed by atoms with Crippen molar-refractivity contribution in [2.45, 2.75) is 5.41 Å². The molecule has 0 radical (unpaired) electrons. The van der Waals surface area contributed by atoms with Crippen LogP contribution in [-0.4, -0.2) is 0 Å². The van der Waals surface area contributed by atoms with Crippen LogP contribution in [-0.2, 0) is 5.41 Å². The molecule has 0 saturated carbocycles. The van der Waals surface area contributed by atoms with Crippen LogP contribution in [0.25, 0.3) is 43.8 Å². The largest absolute Gasteiger partial charge is 0.355 e. The first-order chi connectivity index (χ1) is 19.8. The summed E-state index contributed by atoms with van der Waals surface area (Å²) in [7, 11) is 0. The second kappa shape index (κ2) is 7.94. The van der Waals surface area contributed by atoms with Crippen LogP contribution in [0.5, 0.6) is 0 Å². The Hall–Kier alpha value is -5.14. The predicted molar refractivity (Wildman–Crippen MR) is 167 cm³/mol. The van der Waals surface area contributed by atoms with Crippen molar-refractivity contribution < 1.29 is 0 Å². The fourth-order valence-corrected chi connectivity index (χ4v) is 7.49. The Morgan fingerprint density at radius 1 is 0.400 bits per heavy atom. The third kappa shape index (κ3) is 2.71. The second-order valence-corrected chi connectivity index (χ2v) is 11.0. The molecule has 0 heterocycles. The highest BCUT2D eigenvalue weighted by molar-refractivity contribution is 6.08. The minimum absolute atomic E-state index is 0.320. The Morgan fingerprint density at radius 3 is 1.75 bits per heavy atom. The normalized spacial score (nSPS) is 13.7. The van der Waals surface area contributed by atoms with E-state index >= 15 is 0 Å². The maximum absolute atomic E-state index is 3.84. The standard InChI is InChI=1S/C39H25N/c1-2-11-28-25(10-1)20-21-26-24-27(22-23-29(26)28)40-37-19-9-18-36-38(37)32-14-5-8-17-35(32)39(36)33-15-6-3-12-30(33)31-13-4-7-16-34(31)39/h1-24,40H. The van der Waals surface area contributed by atoms with E-state index in [1.54, 1.807) is 0 Å². The first-order valence-corrected chi connectivity index (χ1v) is 14.0. The Labute approximate surface area is 233 Å². The van der Waals surface area contributed by atoms with Crippen LogP contribution < -0.4 is 5.32 Å². The van der Waals surface area contributed by atoms with Gasteiger partial charge in [-0.2, -0.15) is 0 Å². The van der Waals surface area contributed by atoms with Gasteiger partial charge in [0.05, 0.1) is 5.41 Å². The summed E-state index contributed by atoms with van der Waals surface area (Å²) in [5, 5.41) is 8.93. The second-order valence-electron chi connectivity index (χ2n) is 11.0. The number of hydrogen-bond donors (Lipinski definition) is 1. The predicted octanol–water partition coefficient (Wildman–Crippen LogP) is 10.1. The van der Waals surface area contributed by atoms with E-state index in [1.807, 2.05) is 0 Å². The van der Waals surface area contributed by atoms with Crippen molar-refractivity contribution in [1.29, 1.82) is 0 Å². The average Bonchev–Trinajstić information content (AvgIpc) is 3.49. The molecule has 0 unspecified atom stereocenters. The highest BCUT2D eigenvalue weighted by atomic mass is 14.9. The summed E-state index contributed by atoms with van der Waals surface area (Å²) in [6.07, 6.45) is 0. The zero-order valence-electron chi connectivity index (χ0n) is 21.9. The lowest BCUT2D eigenvalue weighted by Crippen LogP contribution is -2.25. The van der Waals surface area contributed by atoms with Crippen LogP contribution in [0.4, 0.5) is 11.4 Å². The van der Waals surface area contributed by atoms with Crippen molar-refractivity contribution in [2.24, 2.45) is 0 Å². The minimum atomic E-state index is -0.320. The summed E-state index contributed by atoms with van der Waals surface area (Å²) in [5.41, 5.74) is 12.6. The molecule has 0 aromatic heterocycles. The molecule has 2 aliphatic rings. The molecule has 0 aliphatic heterocycles. The van der Waals surface area contributed by atoms with Gasteiger partial charge < -0.3 is 5.32 Å². The highest BCUT2D eigenvalue weighted by Gasteiger charge is 2.51. The van der Waals surface area contributed by atoms with Gasteiger partial charge in [0, 0.05) is 16.9 Å². The number of fused-ring (bicyclic) bond motifs is 13. The fourth-order valence-electron chi connectivity index (χ4n) is 7.49. The Balaban J connectivity index is 1.27. The number of nitrogens with one attached hydrogen (secondary N) is 1. The maximum atomic E-state index is 3.84. The quantitative estimate of drug-likeness (QED) is 0.230. The molecule has 40 heavy (non-hydrogen) atoms. The van der Waals surface area contributed by atoms with E-state index in [0.29, 0.717) is 0 Å². The summed E-state index contributed by atoms with van der Waals surface area (Å²) in [4.78, 5) is 0. The number of anilines is 2. The molecular weight excluding hydrogens is 482 g/mol. The van der Waals surface area contributed by atoms with Gasteiger partial charge in [-0.3, -0.25) is 0 Å². The van der Waals surface area contributed by atoms with Crippen molar-refractivity contribution >= 4 is 32.9 Å². The molecule has 1 nitrogen and oxygen atoms in total. The van der Waals surface area contributed by atoms with Crippen LogP contribution in [0.3, 0.4) is 0 Å². The van der Waals surface area contributed by atoms with Crippen LogP contribution in [0.2, 0.25) is 0 Å². The first kappa shape index (κ1) is 21.8. The molecule has 7 aromatic carbocycles. The van der Waals surface area contributed by atoms with E-state index < -0.39 is 0 Å².